The van der Waals surface area contributed by atoms with Gasteiger partial charge in [-0.25, -0.2) is 8.51 Å². The zero-order chi connectivity index (χ0) is 16.6. The molecule has 2 nitrogen and oxygen atoms in total. The monoisotopic (exact) mass is 321 g/mol. The van der Waals surface area contributed by atoms with E-state index in [4.69, 9.17) is 0 Å². The number of hydrogen-bond acceptors (Lipinski definition) is 1. The number of alkyl halides is 3. The molecule has 1 aromatic carbocycles. The minimum absolute atomic E-state index is 0.369. The lowest BCUT2D eigenvalue weighted by molar-refractivity contribution is -0.137. The topological polar surface area (TPSA) is 20.3 Å². The smallest absolute Gasteiger partial charge is 0.242 e. The van der Waals surface area contributed by atoms with Crippen LogP contribution in [-0.4, -0.2) is 20.3 Å². The first-order valence-electron chi connectivity index (χ1n) is 6.67. The molecule has 0 heterocycles. The highest BCUT2D eigenvalue weighted by Gasteiger charge is 2.32. The molecule has 1 rings (SSSR count). The van der Waals surface area contributed by atoms with Crippen LogP contribution >= 0.6 is 0 Å². The average molecular weight is 321 g/mol. The van der Waals surface area contributed by atoms with Gasteiger partial charge in [-0.1, -0.05) is 11.6 Å². The summed E-state index contributed by atoms with van der Waals surface area (Å²) in [6.07, 6.45) is -4.37. The van der Waals surface area contributed by atoms with Crippen molar-refractivity contribution in [3.05, 3.63) is 34.9 Å². The van der Waals surface area contributed by atoms with Gasteiger partial charge in [0.1, 0.15) is 0 Å². The van der Waals surface area contributed by atoms with Gasteiger partial charge in [0.25, 0.3) is 0 Å². The second-order valence-electron chi connectivity index (χ2n) is 6.21. The predicted molar refractivity (Wildman–Crippen MR) is 80.3 cm³/mol. The van der Waals surface area contributed by atoms with Crippen LogP contribution in [0.4, 0.5) is 13.2 Å². The zero-order valence-corrected chi connectivity index (χ0v) is 14.0. The Bertz CT molecular complexity index is 535. The normalized spacial score (nSPS) is 16.1. The highest BCUT2D eigenvalue weighted by molar-refractivity contribution is 7.84. The van der Waals surface area contributed by atoms with E-state index in [9.17, 15) is 17.4 Å². The van der Waals surface area contributed by atoms with Gasteiger partial charge in [-0.2, -0.15) is 13.2 Å². The predicted octanol–water partition coefficient (Wildman–Crippen LogP) is 4.47. The highest BCUT2D eigenvalue weighted by atomic mass is 32.2. The fourth-order valence-electron chi connectivity index (χ4n) is 2.00. The maximum absolute atomic E-state index is 12.9. The molecule has 0 fully saturated rings. The number of nitrogens with zero attached hydrogens (tertiary/aromatic N) is 1. The van der Waals surface area contributed by atoms with E-state index in [1.165, 1.54) is 0 Å². The lowest BCUT2D eigenvalue weighted by Gasteiger charge is -2.30. The Morgan fingerprint density at radius 2 is 1.67 bits per heavy atom. The molecular formula is C15H22F3NOS. The molecule has 21 heavy (non-hydrogen) atoms. The van der Waals surface area contributed by atoms with Crippen molar-refractivity contribution in [2.75, 3.05) is 7.05 Å². The third-order valence-electron chi connectivity index (χ3n) is 3.24. The molecule has 0 bridgehead atoms. The summed E-state index contributed by atoms with van der Waals surface area (Å²) in [5.41, 5.74) is 0.392. The van der Waals surface area contributed by atoms with Gasteiger partial charge in [-0.05, 0) is 52.3 Å². The molecule has 0 radical (unpaired) electrons. The fourth-order valence-corrected chi connectivity index (χ4v) is 3.28. The van der Waals surface area contributed by atoms with Crippen molar-refractivity contribution in [1.82, 2.24) is 4.31 Å². The Kier molecular flexibility index (Phi) is 5.26. The number of halogens is 3. The Labute approximate surface area is 126 Å². The van der Waals surface area contributed by atoms with Gasteiger partial charge in [0.15, 0.2) is 0 Å². The summed E-state index contributed by atoms with van der Waals surface area (Å²) in [5.74, 6) is 0. The van der Waals surface area contributed by atoms with E-state index < -0.39 is 27.5 Å². The molecule has 0 saturated heterocycles. The van der Waals surface area contributed by atoms with Gasteiger partial charge >= 0.3 is 6.18 Å². The molecule has 0 aliphatic carbocycles. The first-order valence-corrected chi connectivity index (χ1v) is 7.78. The number of rotatable bonds is 3. The molecular weight excluding hydrogens is 299 g/mol. The van der Waals surface area contributed by atoms with E-state index in [2.05, 4.69) is 0 Å². The van der Waals surface area contributed by atoms with Crippen molar-refractivity contribution < 1.29 is 17.4 Å². The lowest BCUT2D eigenvalue weighted by atomic mass is 10.0. The van der Waals surface area contributed by atoms with Crippen LogP contribution in [0.3, 0.4) is 0 Å². The summed E-state index contributed by atoms with van der Waals surface area (Å²) >= 11 is 0. The summed E-state index contributed by atoms with van der Waals surface area (Å²) in [6.45, 7) is 8.90. The van der Waals surface area contributed by atoms with Crippen molar-refractivity contribution in [2.45, 2.75) is 51.6 Å². The molecule has 0 saturated carbocycles. The van der Waals surface area contributed by atoms with E-state index >= 15 is 0 Å². The van der Waals surface area contributed by atoms with Gasteiger partial charge in [-0.15, -0.1) is 0 Å². The lowest BCUT2D eigenvalue weighted by Crippen LogP contribution is -2.36. The third-order valence-corrected chi connectivity index (χ3v) is 5.13. The Hall–Kier alpha value is -0.880. The number of benzene rings is 1. The molecule has 0 N–H and O–H groups in total. The summed E-state index contributed by atoms with van der Waals surface area (Å²) in [5, 5.41) is 0. The van der Waals surface area contributed by atoms with Crippen LogP contribution in [0.5, 0.6) is 0 Å². The Morgan fingerprint density at radius 3 is 2.10 bits per heavy atom. The van der Waals surface area contributed by atoms with E-state index in [0.29, 0.717) is 11.1 Å². The van der Waals surface area contributed by atoms with Gasteiger partial charge in [0, 0.05) is 13.1 Å². The standard InChI is InChI=1S/C15H22F3NOS/c1-10-7-12(9-13(8-10)15(16,17)18)11(2)19(6)21(20)14(3,4)5/h7-9,11H,1-6H3/t11-,21+/m0/s1. The van der Waals surface area contributed by atoms with Gasteiger partial charge in [-0.3, -0.25) is 0 Å². The molecule has 0 unspecified atom stereocenters. The zero-order valence-electron chi connectivity index (χ0n) is 13.2. The molecule has 6 heteroatoms. The summed E-state index contributed by atoms with van der Waals surface area (Å²) in [4.78, 5) is 0. The van der Waals surface area contributed by atoms with Crippen LogP contribution in [0.25, 0.3) is 0 Å². The van der Waals surface area contributed by atoms with E-state index in [-0.39, 0.29) is 6.04 Å². The molecule has 0 amide bonds. The van der Waals surface area contributed by atoms with Gasteiger partial charge in [0.05, 0.1) is 21.3 Å². The molecule has 0 aliphatic heterocycles. The van der Waals surface area contributed by atoms with E-state index in [1.807, 2.05) is 20.8 Å². The second kappa shape index (κ2) is 6.08. The minimum Gasteiger partial charge on any atom is -0.242 e. The SMILES string of the molecule is Cc1cc([C@H](C)N(C)[S@](=O)C(C)(C)C)cc(C(F)(F)F)c1. The minimum atomic E-state index is -4.37. The van der Waals surface area contributed by atoms with Crippen molar-refractivity contribution in [2.24, 2.45) is 0 Å². The molecule has 120 valence electrons. The quantitative estimate of drug-likeness (QED) is 0.804. The highest BCUT2D eigenvalue weighted by Crippen LogP contribution is 2.33. The second-order valence-corrected chi connectivity index (χ2v) is 8.51. The Morgan fingerprint density at radius 1 is 1.14 bits per heavy atom. The molecule has 0 spiro atoms. The third kappa shape index (κ3) is 4.54. The van der Waals surface area contributed by atoms with Crippen molar-refractivity contribution in [3.63, 3.8) is 0 Å². The summed E-state index contributed by atoms with van der Waals surface area (Å²) in [7, 11) is 0.373. The van der Waals surface area contributed by atoms with Crippen molar-refractivity contribution in [3.8, 4) is 0 Å². The molecule has 2 atom stereocenters. The van der Waals surface area contributed by atoms with Gasteiger partial charge in [0.2, 0.25) is 0 Å². The van der Waals surface area contributed by atoms with Crippen molar-refractivity contribution >= 4 is 11.0 Å². The number of hydrogen-bond donors (Lipinski definition) is 0. The van der Waals surface area contributed by atoms with Crippen LogP contribution in [0.2, 0.25) is 0 Å². The van der Waals surface area contributed by atoms with Crippen LogP contribution < -0.4 is 0 Å². The molecule has 0 aliphatic rings. The molecule has 0 aromatic heterocycles. The van der Waals surface area contributed by atoms with Gasteiger partial charge < -0.3 is 0 Å². The Balaban J connectivity index is 3.16. The fraction of sp³-hybridized carbons (Fsp3) is 0.600. The van der Waals surface area contributed by atoms with Crippen LogP contribution in [0.15, 0.2) is 18.2 Å². The van der Waals surface area contributed by atoms with Crippen LogP contribution in [0, 0.1) is 6.92 Å². The first kappa shape index (κ1) is 18.2. The van der Waals surface area contributed by atoms with Crippen LogP contribution in [-0.2, 0) is 17.2 Å². The molecule has 1 aromatic rings. The maximum Gasteiger partial charge on any atom is 0.416 e. The van der Waals surface area contributed by atoms with Crippen molar-refractivity contribution in [1.29, 1.82) is 0 Å². The summed E-state index contributed by atoms with van der Waals surface area (Å²) < 4.78 is 52.2. The van der Waals surface area contributed by atoms with Crippen LogP contribution in [0.1, 0.15) is 50.4 Å². The average Bonchev–Trinajstić information content (AvgIpc) is 2.33. The van der Waals surface area contributed by atoms with E-state index in [1.54, 1.807) is 31.3 Å². The largest absolute Gasteiger partial charge is 0.416 e. The summed E-state index contributed by atoms with van der Waals surface area (Å²) in [6, 6.07) is 3.59. The number of aryl methyl sites for hydroxylation is 1. The van der Waals surface area contributed by atoms with E-state index in [0.717, 1.165) is 12.1 Å². The maximum atomic E-state index is 12.9. The first-order chi connectivity index (χ1) is 9.34.